The van der Waals surface area contributed by atoms with Crippen molar-refractivity contribution in [2.45, 2.75) is 49.5 Å². The number of carbonyl (C=O) groups is 1. The summed E-state index contributed by atoms with van der Waals surface area (Å²) in [4.78, 5) is 11.7. The molecule has 2 amide bonds. The summed E-state index contributed by atoms with van der Waals surface area (Å²) in [5.41, 5.74) is 0. The van der Waals surface area contributed by atoms with E-state index in [9.17, 15) is 9.90 Å². The molecule has 0 spiro atoms. The number of aliphatic hydroxyl groups is 1. The number of amides is 2. The third-order valence-electron chi connectivity index (χ3n) is 3.71. The molecule has 4 nitrogen and oxygen atoms in total. The van der Waals surface area contributed by atoms with Gasteiger partial charge in [-0.3, -0.25) is 0 Å². The molecule has 0 saturated heterocycles. The topological polar surface area (TPSA) is 61.4 Å². The van der Waals surface area contributed by atoms with Crippen molar-refractivity contribution in [3.05, 3.63) is 0 Å². The van der Waals surface area contributed by atoms with E-state index in [-0.39, 0.29) is 12.1 Å². The van der Waals surface area contributed by atoms with E-state index in [0.29, 0.717) is 23.8 Å². The molecule has 17 heavy (non-hydrogen) atoms. The highest BCUT2D eigenvalue weighted by molar-refractivity contribution is 7.99. The van der Waals surface area contributed by atoms with Crippen LogP contribution >= 0.6 is 11.8 Å². The van der Waals surface area contributed by atoms with Gasteiger partial charge in [0.25, 0.3) is 0 Å². The Hall–Kier alpha value is -0.420. The zero-order valence-corrected chi connectivity index (χ0v) is 11.1. The summed E-state index contributed by atoms with van der Waals surface area (Å²) >= 11 is 1.83. The van der Waals surface area contributed by atoms with Crippen LogP contribution in [0.5, 0.6) is 0 Å². The van der Waals surface area contributed by atoms with Crippen molar-refractivity contribution in [1.29, 1.82) is 0 Å². The predicted molar refractivity (Wildman–Crippen MR) is 70.2 cm³/mol. The van der Waals surface area contributed by atoms with Crippen LogP contribution < -0.4 is 10.6 Å². The molecule has 0 aromatic carbocycles. The molecule has 98 valence electrons. The van der Waals surface area contributed by atoms with Crippen LogP contribution in [0.15, 0.2) is 0 Å². The maximum absolute atomic E-state index is 11.7. The third-order valence-corrected chi connectivity index (χ3v) is 4.88. The van der Waals surface area contributed by atoms with Crippen LogP contribution in [-0.2, 0) is 0 Å². The van der Waals surface area contributed by atoms with Crippen LogP contribution in [0.2, 0.25) is 0 Å². The van der Waals surface area contributed by atoms with Gasteiger partial charge in [0, 0.05) is 17.8 Å². The Kier molecular flexibility index (Phi) is 4.56. The van der Waals surface area contributed by atoms with E-state index < -0.39 is 0 Å². The lowest BCUT2D eigenvalue weighted by molar-refractivity contribution is 0.149. The summed E-state index contributed by atoms with van der Waals surface area (Å²) in [5, 5.41) is 16.0. The average molecular weight is 258 g/mol. The minimum Gasteiger partial charge on any atom is -0.391 e. The van der Waals surface area contributed by atoms with E-state index in [1.807, 2.05) is 11.8 Å². The lowest BCUT2D eigenvalue weighted by atomic mass is 10.2. The van der Waals surface area contributed by atoms with E-state index >= 15 is 0 Å². The fourth-order valence-electron chi connectivity index (χ4n) is 2.44. The highest BCUT2D eigenvalue weighted by Crippen LogP contribution is 2.32. The van der Waals surface area contributed by atoms with Crippen LogP contribution in [0.1, 0.15) is 32.1 Å². The Morgan fingerprint density at radius 1 is 1.41 bits per heavy atom. The summed E-state index contributed by atoms with van der Waals surface area (Å²) in [6.45, 7) is 0.382. The second kappa shape index (κ2) is 5.96. The molecule has 3 N–H and O–H groups in total. The summed E-state index contributed by atoms with van der Waals surface area (Å²) in [5.74, 6) is 0.417. The molecule has 0 heterocycles. The number of thioether (sulfide) groups is 1. The first-order valence-electron chi connectivity index (χ1n) is 6.46. The standard InChI is InChI=1S/C12H22N2O2S/c1-17-11-4-2-3-9(11)14-12(16)13-7-10(15)8-5-6-8/h8-11,15H,2-7H2,1H3,(H2,13,14,16)/t9-,10+,11+/m0/s1. The van der Waals surface area contributed by atoms with Crippen LogP contribution in [0.4, 0.5) is 4.79 Å². The number of urea groups is 1. The molecule has 0 aromatic heterocycles. The minimum absolute atomic E-state index is 0.129. The normalized spacial score (nSPS) is 30.0. The summed E-state index contributed by atoms with van der Waals surface area (Å²) in [6.07, 6.45) is 7.39. The third kappa shape index (κ3) is 3.78. The number of rotatable bonds is 5. The smallest absolute Gasteiger partial charge is 0.315 e. The Balaban J connectivity index is 1.65. The van der Waals surface area contributed by atoms with Gasteiger partial charge in [-0.2, -0.15) is 11.8 Å². The molecule has 0 radical (unpaired) electrons. The van der Waals surface area contributed by atoms with Crippen molar-refractivity contribution < 1.29 is 9.90 Å². The zero-order chi connectivity index (χ0) is 12.3. The van der Waals surface area contributed by atoms with Gasteiger partial charge in [-0.25, -0.2) is 4.79 Å². The van der Waals surface area contributed by atoms with Gasteiger partial charge >= 0.3 is 6.03 Å². The maximum Gasteiger partial charge on any atom is 0.315 e. The van der Waals surface area contributed by atoms with Crippen molar-refractivity contribution in [2.75, 3.05) is 12.8 Å². The van der Waals surface area contributed by atoms with Gasteiger partial charge in [0.2, 0.25) is 0 Å². The predicted octanol–water partition coefficient (Wildman–Crippen LogP) is 1.34. The molecule has 0 aromatic rings. The zero-order valence-electron chi connectivity index (χ0n) is 10.3. The molecule has 2 saturated carbocycles. The van der Waals surface area contributed by atoms with Crippen molar-refractivity contribution in [1.82, 2.24) is 10.6 Å². The summed E-state index contributed by atoms with van der Waals surface area (Å²) in [6, 6.07) is 0.165. The fraction of sp³-hybridized carbons (Fsp3) is 0.917. The largest absolute Gasteiger partial charge is 0.391 e. The van der Waals surface area contributed by atoms with Crippen molar-refractivity contribution >= 4 is 17.8 Å². The molecular weight excluding hydrogens is 236 g/mol. The van der Waals surface area contributed by atoms with E-state index in [1.165, 1.54) is 12.8 Å². The van der Waals surface area contributed by atoms with Gasteiger partial charge in [0.15, 0.2) is 0 Å². The van der Waals surface area contributed by atoms with Crippen LogP contribution in [0.25, 0.3) is 0 Å². The number of nitrogens with one attached hydrogen (secondary N) is 2. The van der Waals surface area contributed by atoms with E-state index in [1.54, 1.807) is 0 Å². The first-order valence-corrected chi connectivity index (χ1v) is 7.74. The van der Waals surface area contributed by atoms with Gasteiger partial charge in [0.05, 0.1) is 6.10 Å². The van der Waals surface area contributed by atoms with Crippen molar-refractivity contribution in [3.63, 3.8) is 0 Å². The van der Waals surface area contributed by atoms with Crippen LogP contribution in [-0.4, -0.2) is 41.3 Å². The van der Waals surface area contributed by atoms with Crippen molar-refractivity contribution in [2.24, 2.45) is 5.92 Å². The van der Waals surface area contributed by atoms with Gasteiger partial charge in [0.1, 0.15) is 0 Å². The Labute approximate surface area is 107 Å². The van der Waals surface area contributed by atoms with E-state index in [2.05, 4.69) is 16.9 Å². The molecule has 0 unspecified atom stereocenters. The van der Waals surface area contributed by atoms with Crippen molar-refractivity contribution in [3.8, 4) is 0 Å². The molecule has 2 fully saturated rings. The average Bonchev–Trinajstić information content (AvgIpc) is 3.08. The molecule has 2 rings (SSSR count). The van der Waals surface area contributed by atoms with Gasteiger partial charge < -0.3 is 15.7 Å². The van der Waals surface area contributed by atoms with Crippen LogP contribution in [0, 0.1) is 5.92 Å². The second-order valence-corrected chi connectivity index (χ2v) is 6.15. The minimum atomic E-state index is -0.360. The fourth-order valence-corrected chi connectivity index (χ4v) is 3.37. The molecule has 3 atom stereocenters. The Morgan fingerprint density at radius 2 is 2.18 bits per heavy atom. The summed E-state index contributed by atoms with van der Waals surface area (Å²) < 4.78 is 0. The Bertz CT molecular complexity index is 271. The maximum atomic E-state index is 11.7. The van der Waals surface area contributed by atoms with E-state index in [0.717, 1.165) is 19.3 Å². The lowest BCUT2D eigenvalue weighted by Gasteiger charge is -2.20. The Morgan fingerprint density at radius 3 is 2.82 bits per heavy atom. The number of hydrogen-bond acceptors (Lipinski definition) is 3. The molecule has 5 heteroatoms. The highest BCUT2D eigenvalue weighted by atomic mass is 32.2. The van der Waals surface area contributed by atoms with Gasteiger partial charge in [-0.15, -0.1) is 0 Å². The monoisotopic (exact) mass is 258 g/mol. The number of hydrogen-bond donors (Lipinski definition) is 3. The second-order valence-electron chi connectivity index (χ2n) is 5.07. The van der Waals surface area contributed by atoms with Gasteiger partial charge in [-0.1, -0.05) is 6.42 Å². The first-order chi connectivity index (χ1) is 8.20. The van der Waals surface area contributed by atoms with Gasteiger partial charge in [-0.05, 0) is 37.9 Å². The quantitative estimate of drug-likeness (QED) is 0.697. The first kappa shape index (κ1) is 13.0. The molecule has 0 bridgehead atoms. The highest BCUT2D eigenvalue weighted by Gasteiger charge is 2.31. The SMILES string of the molecule is CS[C@@H]1CCC[C@@H]1NC(=O)NC[C@@H](O)C1CC1. The number of carbonyl (C=O) groups excluding carboxylic acids is 1. The lowest BCUT2D eigenvalue weighted by Crippen LogP contribution is -2.46. The molecule has 2 aliphatic rings. The number of aliphatic hydroxyl groups excluding tert-OH is 1. The van der Waals surface area contributed by atoms with Crippen LogP contribution in [0.3, 0.4) is 0 Å². The molecular formula is C12H22N2O2S. The summed E-state index contributed by atoms with van der Waals surface area (Å²) in [7, 11) is 0. The molecule has 0 aliphatic heterocycles. The molecule has 2 aliphatic carbocycles. The van der Waals surface area contributed by atoms with E-state index in [4.69, 9.17) is 0 Å².